The molecule has 7 nitrogen and oxygen atoms in total. The number of piperidine rings is 1. The van der Waals surface area contributed by atoms with Crippen molar-refractivity contribution >= 4 is 17.2 Å². The molecule has 0 radical (unpaired) electrons. The predicted octanol–water partition coefficient (Wildman–Crippen LogP) is 3.66. The average Bonchev–Trinajstić information content (AvgIpc) is 3.42. The van der Waals surface area contributed by atoms with Crippen molar-refractivity contribution in [2.75, 3.05) is 13.1 Å². The molecule has 0 aromatic carbocycles. The minimum atomic E-state index is -0.00849. The van der Waals surface area contributed by atoms with E-state index in [0.717, 1.165) is 29.9 Å². The Morgan fingerprint density at radius 3 is 2.85 bits per heavy atom. The van der Waals surface area contributed by atoms with Crippen LogP contribution in [0.4, 0.5) is 0 Å². The molecule has 0 unspecified atom stereocenters. The molecule has 0 bridgehead atoms. The molecule has 1 saturated heterocycles. The lowest BCUT2D eigenvalue weighted by Crippen LogP contribution is -2.38. The minimum absolute atomic E-state index is 0.00849. The molecule has 8 heteroatoms. The summed E-state index contributed by atoms with van der Waals surface area (Å²) in [6.45, 7) is 5.45. The second kappa shape index (κ2) is 7.03. The number of amides is 1. The fraction of sp³-hybridized carbons (Fsp3) is 0.444. The maximum Gasteiger partial charge on any atom is 0.271 e. The monoisotopic (exact) mass is 371 g/mol. The van der Waals surface area contributed by atoms with E-state index in [1.165, 1.54) is 0 Å². The molecule has 1 aliphatic heterocycles. The molecule has 136 valence electrons. The van der Waals surface area contributed by atoms with E-state index in [9.17, 15) is 4.79 Å². The number of likely N-dealkylation sites (tertiary alicyclic amines) is 1. The lowest BCUT2D eigenvalue weighted by atomic mass is 9.96. The average molecular weight is 371 g/mol. The van der Waals surface area contributed by atoms with Crippen LogP contribution in [0.2, 0.25) is 0 Å². The number of hydrogen-bond acceptors (Lipinski definition) is 6. The zero-order valence-electron chi connectivity index (χ0n) is 14.8. The maximum absolute atomic E-state index is 12.7. The molecule has 1 fully saturated rings. The van der Waals surface area contributed by atoms with E-state index in [4.69, 9.17) is 4.52 Å². The molecular weight excluding hydrogens is 350 g/mol. The van der Waals surface area contributed by atoms with E-state index < -0.39 is 0 Å². The van der Waals surface area contributed by atoms with Gasteiger partial charge in [0.15, 0.2) is 5.82 Å². The van der Waals surface area contributed by atoms with Gasteiger partial charge in [0, 0.05) is 35.9 Å². The van der Waals surface area contributed by atoms with Gasteiger partial charge in [-0.2, -0.15) is 21.4 Å². The smallest absolute Gasteiger partial charge is 0.271 e. The molecule has 1 N–H and O–H groups in total. The summed E-state index contributed by atoms with van der Waals surface area (Å²) in [5.41, 5.74) is 2.36. The number of aromatic amines is 1. The summed E-state index contributed by atoms with van der Waals surface area (Å²) in [4.78, 5) is 19.1. The second-order valence-electron chi connectivity index (χ2n) is 6.89. The van der Waals surface area contributed by atoms with Crippen molar-refractivity contribution in [1.29, 1.82) is 0 Å². The highest BCUT2D eigenvalue weighted by molar-refractivity contribution is 7.08. The first kappa shape index (κ1) is 17.0. The minimum Gasteiger partial charge on any atom is -0.339 e. The van der Waals surface area contributed by atoms with Gasteiger partial charge in [0.2, 0.25) is 5.89 Å². The molecular formula is C18H21N5O2S. The highest BCUT2D eigenvalue weighted by Crippen LogP contribution is 2.28. The van der Waals surface area contributed by atoms with E-state index in [2.05, 4.69) is 20.3 Å². The second-order valence-corrected chi connectivity index (χ2v) is 7.67. The number of nitrogens with zero attached hydrogens (tertiary/aromatic N) is 4. The highest BCUT2D eigenvalue weighted by Gasteiger charge is 2.29. The zero-order valence-corrected chi connectivity index (χ0v) is 15.6. The Morgan fingerprint density at radius 2 is 2.19 bits per heavy atom. The van der Waals surface area contributed by atoms with Gasteiger partial charge in [-0.05, 0) is 30.4 Å². The van der Waals surface area contributed by atoms with Gasteiger partial charge in [-0.25, -0.2) is 0 Å². The maximum atomic E-state index is 12.7. The van der Waals surface area contributed by atoms with Crippen LogP contribution in [0.5, 0.6) is 0 Å². The molecule has 3 aromatic heterocycles. The molecule has 0 aliphatic carbocycles. The lowest BCUT2D eigenvalue weighted by Gasteiger charge is -2.29. The van der Waals surface area contributed by atoms with Crippen LogP contribution in [-0.4, -0.2) is 44.2 Å². The molecule has 1 aliphatic rings. The first-order chi connectivity index (χ1) is 12.6. The summed E-state index contributed by atoms with van der Waals surface area (Å²) in [5.74, 6) is 1.92. The molecule has 3 aromatic rings. The van der Waals surface area contributed by atoms with Crippen molar-refractivity contribution in [3.63, 3.8) is 0 Å². The van der Waals surface area contributed by atoms with Crippen LogP contribution in [-0.2, 0) is 0 Å². The predicted molar refractivity (Wildman–Crippen MR) is 98.2 cm³/mol. The zero-order chi connectivity index (χ0) is 18.1. The van der Waals surface area contributed by atoms with Gasteiger partial charge in [-0.3, -0.25) is 9.89 Å². The third-order valence-corrected chi connectivity index (χ3v) is 5.41. The summed E-state index contributed by atoms with van der Waals surface area (Å²) in [6, 6.07) is 3.82. The van der Waals surface area contributed by atoms with Gasteiger partial charge >= 0.3 is 0 Å². The summed E-state index contributed by atoms with van der Waals surface area (Å²) >= 11 is 1.61. The number of carbonyl (C=O) groups is 1. The molecule has 4 rings (SSSR count). The first-order valence-corrected chi connectivity index (χ1v) is 9.77. The third-order valence-electron chi connectivity index (χ3n) is 4.73. The molecule has 0 spiro atoms. The van der Waals surface area contributed by atoms with Crippen molar-refractivity contribution in [2.24, 2.45) is 0 Å². The van der Waals surface area contributed by atoms with E-state index in [0.29, 0.717) is 24.7 Å². The van der Waals surface area contributed by atoms with Gasteiger partial charge in [0.25, 0.3) is 5.91 Å². The topological polar surface area (TPSA) is 87.9 Å². The van der Waals surface area contributed by atoms with Crippen molar-refractivity contribution in [3.05, 3.63) is 40.3 Å². The van der Waals surface area contributed by atoms with E-state index >= 15 is 0 Å². The van der Waals surface area contributed by atoms with Gasteiger partial charge in [-0.15, -0.1) is 0 Å². The van der Waals surface area contributed by atoms with Crippen molar-refractivity contribution in [2.45, 2.75) is 38.5 Å². The number of carbonyl (C=O) groups excluding carboxylic acids is 1. The van der Waals surface area contributed by atoms with Crippen LogP contribution in [0.15, 0.2) is 27.4 Å². The lowest BCUT2D eigenvalue weighted by molar-refractivity contribution is 0.0698. The van der Waals surface area contributed by atoms with Crippen molar-refractivity contribution < 1.29 is 9.32 Å². The summed E-state index contributed by atoms with van der Waals surface area (Å²) in [7, 11) is 0. The van der Waals surface area contributed by atoms with Crippen LogP contribution in [0.3, 0.4) is 0 Å². The Bertz CT molecular complexity index is 875. The number of thiophene rings is 1. The largest absolute Gasteiger partial charge is 0.339 e. The Balaban J connectivity index is 1.39. The van der Waals surface area contributed by atoms with Gasteiger partial charge in [0.05, 0.1) is 5.69 Å². The molecule has 0 saturated carbocycles. The van der Waals surface area contributed by atoms with Gasteiger partial charge < -0.3 is 9.42 Å². The molecule has 0 atom stereocenters. The fourth-order valence-electron chi connectivity index (χ4n) is 3.14. The summed E-state index contributed by atoms with van der Waals surface area (Å²) in [5, 5.41) is 15.2. The van der Waals surface area contributed by atoms with E-state index in [-0.39, 0.29) is 17.7 Å². The Morgan fingerprint density at radius 1 is 1.38 bits per heavy atom. The Hall–Kier alpha value is -2.48. The van der Waals surface area contributed by atoms with Crippen LogP contribution in [0.1, 0.15) is 60.7 Å². The SMILES string of the molecule is CC(C)c1noc(C2CCN(C(=O)c3cc(-c4ccsc4)n[nH]3)CC2)n1. The number of H-pyrrole nitrogens is 1. The van der Waals surface area contributed by atoms with Gasteiger partial charge in [0.1, 0.15) is 5.69 Å². The Kier molecular flexibility index (Phi) is 4.58. The fourth-order valence-corrected chi connectivity index (χ4v) is 3.79. The van der Waals surface area contributed by atoms with Crippen LogP contribution < -0.4 is 0 Å². The Labute approximate surface area is 155 Å². The molecule has 26 heavy (non-hydrogen) atoms. The van der Waals surface area contributed by atoms with Crippen LogP contribution in [0.25, 0.3) is 11.3 Å². The summed E-state index contributed by atoms with van der Waals surface area (Å²) in [6.07, 6.45) is 1.66. The number of rotatable bonds is 4. The third kappa shape index (κ3) is 3.29. The molecule has 4 heterocycles. The van der Waals surface area contributed by atoms with Crippen molar-refractivity contribution in [3.8, 4) is 11.3 Å². The van der Waals surface area contributed by atoms with E-state index in [1.54, 1.807) is 11.3 Å². The van der Waals surface area contributed by atoms with E-state index in [1.807, 2.05) is 41.6 Å². The first-order valence-electron chi connectivity index (χ1n) is 8.82. The quantitative estimate of drug-likeness (QED) is 0.756. The van der Waals surface area contributed by atoms with Crippen LogP contribution in [0, 0.1) is 0 Å². The summed E-state index contributed by atoms with van der Waals surface area (Å²) < 4.78 is 5.41. The van der Waals surface area contributed by atoms with Crippen LogP contribution >= 0.6 is 11.3 Å². The normalized spacial score (nSPS) is 15.7. The number of aromatic nitrogens is 4. The highest BCUT2D eigenvalue weighted by atomic mass is 32.1. The van der Waals surface area contributed by atoms with Gasteiger partial charge in [-0.1, -0.05) is 19.0 Å². The number of hydrogen-bond donors (Lipinski definition) is 1. The number of nitrogens with one attached hydrogen (secondary N) is 1. The van der Waals surface area contributed by atoms with Crippen molar-refractivity contribution in [1.82, 2.24) is 25.2 Å². The molecule has 1 amide bonds. The standard InChI is InChI=1S/C18H21N5O2S/c1-11(2)16-19-17(25-22-16)12-3-6-23(7-4-12)18(24)15-9-14(20-21-15)13-5-8-26-10-13/h5,8-12H,3-4,6-7H2,1-2H3,(H,20,21).